The number of carbonyl (C=O) groups excluding carboxylic acids is 2. The zero-order valence-electron chi connectivity index (χ0n) is 13.6. The lowest BCUT2D eigenvalue weighted by Crippen LogP contribution is -2.67. The number of aryl methyl sites for hydroxylation is 1. The van der Waals surface area contributed by atoms with Gasteiger partial charge in [0.2, 0.25) is 0 Å². The Labute approximate surface area is 148 Å². The second-order valence-electron chi connectivity index (χ2n) is 7.21. The van der Waals surface area contributed by atoms with Crippen LogP contribution in [0.1, 0.15) is 23.7 Å². The number of hydrogen-bond donors (Lipinski definition) is 0. The first-order chi connectivity index (χ1) is 11.3. The van der Waals surface area contributed by atoms with Gasteiger partial charge in [0.15, 0.2) is 0 Å². The molecular weight excluding hydrogens is 377 g/mol. The second kappa shape index (κ2) is 5.31. The van der Waals surface area contributed by atoms with Gasteiger partial charge in [-0.25, -0.2) is 0 Å². The van der Waals surface area contributed by atoms with Crippen LogP contribution in [0.25, 0.3) is 0 Å². The van der Waals surface area contributed by atoms with Gasteiger partial charge in [-0.1, -0.05) is 40.2 Å². The Bertz CT molecular complexity index is 706. The van der Waals surface area contributed by atoms with Crippen molar-refractivity contribution in [3.8, 4) is 0 Å². The lowest BCUT2D eigenvalue weighted by Gasteiger charge is -2.42. The van der Waals surface area contributed by atoms with Crippen LogP contribution < -0.4 is 0 Å². The standard InChI is InChI=1S/C16H19BBrNO5/c1-10-5-3-4-6-11(10)16-12(18)7-13(22-16)17-19(2,8-14(20)23-17)9-15(21)24-17/h3-6,12-13,16H,7-9H2,1-2H3/t12-,13-,16+,17?,19?/m1/s1. The number of quaternary nitrogens is 1. The van der Waals surface area contributed by atoms with Crippen molar-refractivity contribution in [3.63, 3.8) is 0 Å². The lowest BCUT2D eigenvalue weighted by molar-refractivity contribution is -0.795. The molecule has 0 saturated carbocycles. The summed E-state index contributed by atoms with van der Waals surface area (Å²) in [5.74, 6) is -0.668. The molecule has 3 heterocycles. The summed E-state index contributed by atoms with van der Waals surface area (Å²) in [7, 11) is 1.84. The summed E-state index contributed by atoms with van der Waals surface area (Å²) in [6.45, 7) is 0.162. The van der Waals surface area contributed by atoms with Crippen LogP contribution in [0.3, 0.4) is 0 Å². The summed E-state index contributed by atoms with van der Waals surface area (Å²) < 4.78 is 17.7. The van der Waals surface area contributed by atoms with Crippen molar-refractivity contribution in [2.24, 2.45) is 0 Å². The molecule has 0 aliphatic carbocycles. The average Bonchev–Trinajstić information content (AvgIpc) is 3.05. The predicted octanol–water partition coefficient (Wildman–Crippen LogP) is 1.63. The Kier molecular flexibility index (Phi) is 3.56. The summed E-state index contributed by atoms with van der Waals surface area (Å²) in [6, 6.07) is 7.61. The number of benzene rings is 1. The quantitative estimate of drug-likeness (QED) is 0.562. The third kappa shape index (κ3) is 2.16. The molecule has 0 amide bonds. The van der Waals surface area contributed by atoms with Crippen molar-refractivity contribution in [2.45, 2.75) is 30.3 Å². The van der Waals surface area contributed by atoms with E-state index in [1.807, 2.05) is 38.2 Å². The van der Waals surface area contributed by atoms with E-state index in [0.29, 0.717) is 6.42 Å². The predicted molar refractivity (Wildman–Crippen MR) is 90.0 cm³/mol. The Hall–Kier alpha value is -1.38. The molecule has 0 bridgehead atoms. The number of likely N-dealkylation sites (N-methyl/N-ethyl adjacent to an activating group) is 1. The molecule has 0 unspecified atom stereocenters. The molecule has 0 spiro atoms. The Balaban J connectivity index is 1.67. The molecule has 128 valence electrons. The van der Waals surface area contributed by atoms with E-state index in [9.17, 15) is 9.59 Å². The van der Waals surface area contributed by atoms with Crippen molar-refractivity contribution in [2.75, 3.05) is 20.1 Å². The molecule has 0 radical (unpaired) electrons. The number of halogens is 1. The summed E-state index contributed by atoms with van der Waals surface area (Å²) in [5.41, 5.74) is 2.23. The normalized spacial score (nSPS) is 41.2. The number of nitrogens with zero attached hydrogens (tertiary/aromatic N) is 1. The van der Waals surface area contributed by atoms with Gasteiger partial charge >= 0.3 is 18.6 Å². The van der Waals surface area contributed by atoms with Gasteiger partial charge in [-0.3, -0.25) is 9.59 Å². The van der Waals surface area contributed by atoms with E-state index in [-0.39, 0.29) is 40.4 Å². The van der Waals surface area contributed by atoms with Gasteiger partial charge in [0.1, 0.15) is 13.1 Å². The van der Waals surface area contributed by atoms with Crippen LogP contribution in [0.15, 0.2) is 24.3 Å². The topological polar surface area (TPSA) is 61.8 Å². The second-order valence-corrected chi connectivity index (χ2v) is 8.38. The minimum absolute atomic E-state index is 0.0619. The van der Waals surface area contributed by atoms with Crippen molar-refractivity contribution in [1.29, 1.82) is 0 Å². The molecule has 0 N–H and O–H groups in total. The van der Waals surface area contributed by atoms with E-state index in [0.717, 1.165) is 11.1 Å². The monoisotopic (exact) mass is 395 g/mol. The molecular formula is C16H19BBrNO5. The van der Waals surface area contributed by atoms with Gasteiger partial charge in [-0.2, -0.15) is 0 Å². The highest BCUT2D eigenvalue weighted by molar-refractivity contribution is 9.09. The Morgan fingerprint density at radius 3 is 2.42 bits per heavy atom. The number of carbonyl (C=O) groups is 2. The zero-order valence-corrected chi connectivity index (χ0v) is 15.2. The SMILES string of the molecule is Cc1ccccc1[C@@H]1O[C@@H]([B-]23OC(=O)C[N+]2(C)CC(=O)O3)C[C@H]1Br. The lowest BCUT2D eigenvalue weighted by atomic mass is 9.61. The highest BCUT2D eigenvalue weighted by Gasteiger charge is 2.71. The first-order valence-electron chi connectivity index (χ1n) is 8.12. The maximum atomic E-state index is 11.9. The number of ether oxygens (including phenoxy) is 1. The highest BCUT2D eigenvalue weighted by atomic mass is 79.9. The van der Waals surface area contributed by atoms with E-state index in [4.69, 9.17) is 14.0 Å². The van der Waals surface area contributed by atoms with Crippen LogP contribution in [-0.2, 0) is 23.6 Å². The molecule has 24 heavy (non-hydrogen) atoms. The molecule has 3 aliphatic rings. The molecule has 4 rings (SSSR count). The van der Waals surface area contributed by atoms with Crippen molar-refractivity contribution < 1.29 is 28.0 Å². The van der Waals surface area contributed by atoms with Gasteiger partial charge in [0.25, 0.3) is 0 Å². The van der Waals surface area contributed by atoms with Gasteiger partial charge in [-0.15, -0.1) is 0 Å². The highest BCUT2D eigenvalue weighted by Crippen LogP contribution is 2.47. The fraction of sp³-hybridized carbons (Fsp3) is 0.500. The fourth-order valence-corrected chi connectivity index (χ4v) is 5.08. The zero-order chi connectivity index (χ0) is 17.1. The summed E-state index contributed by atoms with van der Waals surface area (Å²) in [5, 5.41) is 0. The number of alkyl halides is 1. The summed E-state index contributed by atoms with van der Waals surface area (Å²) in [4.78, 5) is 23.9. The first kappa shape index (κ1) is 16.1. The molecule has 1 aromatic carbocycles. The Morgan fingerprint density at radius 1 is 1.17 bits per heavy atom. The molecule has 3 saturated heterocycles. The van der Waals surface area contributed by atoms with Crippen LogP contribution in [0.4, 0.5) is 0 Å². The van der Waals surface area contributed by atoms with E-state index in [2.05, 4.69) is 15.9 Å². The molecule has 1 aromatic rings. The fourth-order valence-electron chi connectivity index (χ4n) is 4.30. The summed E-state index contributed by atoms with van der Waals surface area (Å²) >= 11 is 3.70. The van der Waals surface area contributed by atoms with Crippen molar-refractivity contribution >= 4 is 34.6 Å². The third-order valence-electron chi connectivity index (χ3n) is 5.52. The number of rotatable bonds is 2. The number of fused-ring (bicyclic) bond motifs is 1. The van der Waals surface area contributed by atoms with Crippen LogP contribution in [-0.4, -0.2) is 54.0 Å². The minimum atomic E-state index is -2.17. The van der Waals surface area contributed by atoms with Gasteiger partial charge in [0, 0.05) is 11.9 Å². The van der Waals surface area contributed by atoms with Gasteiger partial charge in [-0.05, 0) is 24.5 Å². The molecule has 3 aliphatic heterocycles. The average molecular weight is 396 g/mol. The van der Waals surface area contributed by atoms with Crippen LogP contribution in [0.2, 0.25) is 0 Å². The maximum Gasteiger partial charge on any atom is 0.611 e. The van der Waals surface area contributed by atoms with Crippen LogP contribution in [0, 0.1) is 6.92 Å². The van der Waals surface area contributed by atoms with E-state index < -0.39 is 12.7 Å². The van der Waals surface area contributed by atoms with Crippen molar-refractivity contribution in [3.05, 3.63) is 35.4 Å². The smallest absolute Gasteiger partial charge is 0.598 e. The van der Waals surface area contributed by atoms with Gasteiger partial charge in [0.05, 0.1) is 12.1 Å². The largest absolute Gasteiger partial charge is 0.611 e. The minimum Gasteiger partial charge on any atom is -0.598 e. The van der Waals surface area contributed by atoms with E-state index in [1.165, 1.54) is 0 Å². The van der Waals surface area contributed by atoms with E-state index >= 15 is 0 Å². The third-order valence-corrected chi connectivity index (χ3v) is 6.38. The molecule has 3 fully saturated rings. The maximum absolute atomic E-state index is 11.9. The van der Waals surface area contributed by atoms with Gasteiger partial charge < -0.3 is 18.4 Å². The Morgan fingerprint density at radius 2 is 1.79 bits per heavy atom. The van der Waals surface area contributed by atoms with Crippen molar-refractivity contribution in [1.82, 2.24) is 0 Å². The summed E-state index contributed by atoms with van der Waals surface area (Å²) in [6.07, 6.45) is 0.451. The van der Waals surface area contributed by atoms with Crippen LogP contribution in [0.5, 0.6) is 0 Å². The van der Waals surface area contributed by atoms with E-state index in [1.54, 1.807) is 0 Å². The first-order valence-corrected chi connectivity index (χ1v) is 9.04. The number of hydrogen-bond acceptors (Lipinski definition) is 5. The molecule has 6 nitrogen and oxygen atoms in total. The van der Waals surface area contributed by atoms with Crippen LogP contribution >= 0.6 is 15.9 Å². The molecule has 8 heteroatoms. The molecule has 0 aromatic heterocycles. The molecule has 3 atom stereocenters.